The molecule has 0 spiro atoms. The second kappa shape index (κ2) is 7.69. The summed E-state index contributed by atoms with van der Waals surface area (Å²) in [5, 5.41) is 3.46. The van der Waals surface area contributed by atoms with Crippen molar-refractivity contribution in [2.45, 2.75) is 51.0 Å². The van der Waals surface area contributed by atoms with Crippen molar-refractivity contribution in [1.82, 2.24) is 5.32 Å². The summed E-state index contributed by atoms with van der Waals surface area (Å²) in [6.07, 6.45) is 9.48. The number of hydrogen-bond acceptors (Lipinski definition) is 3. The molecule has 1 aromatic carbocycles. The van der Waals surface area contributed by atoms with Crippen molar-refractivity contribution in [3.8, 4) is 5.75 Å². The molecular formula is C18H28N2O. The van der Waals surface area contributed by atoms with Gasteiger partial charge in [0.2, 0.25) is 0 Å². The Bertz CT molecular complexity index is 419. The van der Waals surface area contributed by atoms with Gasteiger partial charge in [0.1, 0.15) is 5.75 Å². The number of benzene rings is 1. The first-order valence-electron chi connectivity index (χ1n) is 8.64. The molecule has 21 heavy (non-hydrogen) atoms. The largest absolute Gasteiger partial charge is 0.490 e. The maximum Gasteiger partial charge on any atom is 0.121 e. The van der Waals surface area contributed by atoms with Gasteiger partial charge in [0.25, 0.3) is 0 Å². The van der Waals surface area contributed by atoms with Crippen molar-refractivity contribution in [2.75, 3.05) is 31.1 Å². The molecule has 116 valence electrons. The maximum absolute atomic E-state index is 6.26. The molecule has 0 bridgehead atoms. The number of rotatable bonds is 3. The first kappa shape index (κ1) is 14.7. The van der Waals surface area contributed by atoms with Crippen LogP contribution in [-0.2, 0) is 0 Å². The van der Waals surface area contributed by atoms with E-state index >= 15 is 0 Å². The van der Waals surface area contributed by atoms with Gasteiger partial charge in [-0.2, -0.15) is 0 Å². The van der Waals surface area contributed by atoms with Crippen LogP contribution in [-0.4, -0.2) is 32.3 Å². The Hall–Kier alpha value is -1.22. The van der Waals surface area contributed by atoms with Crippen LogP contribution in [0.25, 0.3) is 0 Å². The van der Waals surface area contributed by atoms with Crippen molar-refractivity contribution >= 4 is 5.69 Å². The van der Waals surface area contributed by atoms with Gasteiger partial charge in [-0.05, 0) is 50.8 Å². The molecule has 0 radical (unpaired) electrons. The van der Waals surface area contributed by atoms with E-state index in [0.29, 0.717) is 6.10 Å². The first-order valence-corrected chi connectivity index (χ1v) is 8.64. The molecule has 1 aliphatic heterocycles. The normalized spacial score (nSPS) is 21.6. The lowest BCUT2D eigenvalue weighted by molar-refractivity contribution is 0.184. The lowest BCUT2D eigenvalue weighted by atomic mass is 10.1. The average Bonchev–Trinajstić information content (AvgIpc) is 2.92. The van der Waals surface area contributed by atoms with Crippen molar-refractivity contribution in [1.29, 1.82) is 0 Å². The minimum Gasteiger partial charge on any atom is -0.490 e. The van der Waals surface area contributed by atoms with Crippen LogP contribution in [0.3, 0.4) is 0 Å². The van der Waals surface area contributed by atoms with E-state index in [1.54, 1.807) is 0 Å². The van der Waals surface area contributed by atoms with Gasteiger partial charge in [0.05, 0.1) is 6.10 Å². The molecule has 3 nitrogen and oxygen atoms in total. The Morgan fingerprint density at radius 2 is 1.81 bits per heavy atom. The van der Waals surface area contributed by atoms with Crippen LogP contribution in [0.4, 0.5) is 5.69 Å². The molecule has 1 saturated carbocycles. The van der Waals surface area contributed by atoms with Crippen LogP contribution < -0.4 is 15.0 Å². The molecular weight excluding hydrogens is 260 g/mol. The summed E-state index contributed by atoms with van der Waals surface area (Å²) in [5.41, 5.74) is 1.31. The van der Waals surface area contributed by atoms with Gasteiger partial charge in [-0.1, -0.05) is 18.9 Å². The van der Waals surface area contributed by atoms with Gasteiger partial charge in [0.15, 0.2) is 0 Å². The van der Waals surface area contributed by atoms with E-state index in [4.69, 9.17) is 4.74 Å². The summed E-state index contributed by atoms with van der Waals surface area (Å²) in [5.74, 6) is 1.05. The highest BCUT2D eigenvalue weighted by Crippen LogP contribution is 2.26. The minimum atomic E-state index is 0.425. The molecule has 2 fully saturated rings. The van der Waals surface area contributed by atoms with Gasteiger partial charge < -0.3 is 15.0 Å². The highest BCUT2D eigenvalue weighted by atomic mass is 16.5. The third-order valence-corrected chi connectivity index (χ3v) is 4.63. The fraction of sp³-hybridized carbons (Fsp3) is 0.667. The van der Waals surface area contributed by atoms with E-state index in [2.05, 4.69) is 34.5 Å². The smallest absolute Gasteiger partial charge is 0.121 e. The Labute approximate surface area is 128 Å². The van der Waals surface area contributed by atoms with Crippen LogP contribution in [0, 0.1) is 0 Å². The quantitative estimate of drug-likeness (QED) is 0.860. The van der Waals surface area contributed by atoms with Crippen LogP contribution >= 0.6 is 0 Å². The molecule has 0 amide bonds. The van der Waals surface area contributed by atoms with E-state index in [1.807, 2.05) is 0 Å². The lowest BCUT2D eigenvalue weighted by Gasteiger charge is -2.24. The van der Waals surface area contributed by atoms with Crippen LogP contribution in [0.15, 0.2) is 24.3 Å². The maximum atomic E-state index is 6.26. The van der Waals surface area contributed by atoms with Gasteiger partial charge in [-0.15, -0.1) is 0 Å². The second-order valence-corrected chi connectivity index (χ2v) is 6.32. The summed E-state index contributed by atoms with van der Waals surface area (Å²) in [7, 11) is 0. The fourth-order valence-corrected chi connectivity index (χ4v) is 3.41. The Morgan fingerprint density at radius 1 is 0.952 bits per heavy atom. The highest BCUT2D eigenvalue weighted by Gasteiger charge is 2.15. The molecule has 2 aliphatic rings. The summed E-state index contributed by atoms with van der Waals surface area (Å²) in [6.45, 7) is 4.44. The van der Waals surface area contributed by atoms with Crippen molar-refractivity contribution in [2.24, 2.45) is 0 Å². The lowest BCUT2D eigenvalue weighted by Crippen LogP contribution is -2.27. The molecule has 1 N–H and O–H groups in total. The van der Waals surface area contributed by atoms with E-state index in [1.165, 1.54) is 50.6 Å². The zero-order valence-corrected chi connectivity index (χ0v) is 13.0. The molecule has 0 atom stereocenters. The van der Waals surface area contributed by atoms with Gasteiger partial charge in [-0.25, -0.2) is 0 Å². The third-order valence-electron chi connectivity index (χ3n) is 4.63. The number of hydrogen-bond donors (Lipinski definition) is 1. The second-order valence-electron chi connectivity index (χ2n) is 6.32. The Morgan fingerprint density at radius 3 is 2.67 bits per heavy atom. The molecule has 1 heterocycles. The zero-order valence-electron chi connectivity index (χ0n) is 13.0. The average molecular weight is 288 g/mol. The zero-order chi connectivity index (χ0) is 14.3. The number of ether oxygens (including phenoxy) is 1. The minimum absolute atomic E-state index is 0.425. The van der Waals surface area contributed by atoms with Crippen molar-refractivity contribution in [3.05, 3.63) is 24.3 Å². The Kier molecular flexibility index (Phi) is 5.39. The highest BCUT2D eigenvalue weighted by molar-refractivity contribution is 5.51. The van der Waals surface area contributed by atoms with E-state index in [0.717, 1.165) is 31.9 Å². The first-order chi connectivity index (χ1) is 10.4. The third kappa shape index (κ3) is 4.37. The molecule has 1 aliphatic carbocycles. The molecule has 3 rings (SSSR count). The van der Waals surface area contributed by atoms with E-state index in [-0.39, 0.29) is 0 Å². The van der Waals surface area contributed by atoms with Crippen LogP contribution in [0.2, 0.25) is 0 Å². The number of anilines is 1. The van der Waals surface area contributed by atoms with Gasteiger partial charge in [-0.3, -0.25) is 0 Å². The fourth-order valence-electron chi connectivity index (χ4n) is 3.41. The topological polar surface area (TPSA) is 24.5 Å². The molecule has 0 unspecified atom stereocenters. The summed E-state index contributed by atoms with van der Waals surface area (Å²) < 4.78 is 6.26. The van der Waals surface area contributed by atoms with Crippen molar-refractivity contribution < 1.29 is 4.74 Å². The molecule has 1 saturated heterocycles. The van der Waals surface area contributed by atoms with Crippen molar-refractivity contribution in [3.63, 3.8) is 0 Å². The Balaban J connectivity index is 1.64. The van der Waals surface area contributed by atoms with Crippen LogP contribution in [0.1, 0.15) is 44.9 Å². The van der Waals surface area contributed by atoms with Gasteiger partial charge in [0, 0.05) is 31.4 Å². The predicted molar refractivity (Wildman–Crippen MR) is 88.3 cm³/mol. The van der Waals surface area contributed by atoms with Gasteiger partial charge >= 0.3 is 0 Å². The number of nitrogens with zero attached hydrogens (tertiary/aromatic N) is 1. The van der Waals surface area contributed by atoms with E-state index in [9.17, 15) is 0 Å². The van der Waals surface area contributed by atoms with E-state index < -0.39 is 0 Å². The molecule has 1 aromatic rings. The molecule has 3 heteroatoms. The SMILES string of the molecule is c1cc(OC2CCCCCC2)cc(N2CCCNCC2)c1. The summed E-state index contributed by atoms with van der Waals surface area (Å²) in [6, 6.07) is 8.70. The summed E-state index contributed by atoms with van der Waals surface area (Å²) >= 11 is 0. The standard InChI is InChI=1S/C18H28N2O/c1-2-4-9-17(8-3-1)21-18-10-5-7-16(15-18)20-13-6-11-19-12-14-20/h5,7,10,15,17,19H,1-4,6,8-9,11-14H2. The molecule has 0 aromatic heterocycles. The predicted octanol–water partition coefficient (Wildman–Crippen LogP) is 3.59. The number of nitrogens with one attached hydrogen (secondary N) is 1. The van der Waals surface area contributed by atoms with Crippen LogP contribution in [0.5, 0.6) is 5.75 Å². The monoisotopic (exact) mass is 288 g/mol. The summed E-state index contributed by atoms with van der Waals surface area (Å²) in [4.78, 5) is 2.47.